The molecule has 1 heterocycles. The molecular formula is C16H18Cl2N2OS. The Balaban J connectivity index is 1.88. The Hall–Kier alpha value is -1.07. The average Bonchev–Trinajstić information content (AvgIpc) is 2.90. The van der Waals surface area contributed by atoms with Crippen LogP contribution < -0.4 is 5.32 Å². The molecule has 0 saturated heterocycles. The Labute approximate surface area is 144 Å². The molecule has 1 atom stereocenters. The van der Waals surface area contributed by atoms with Gasteiger partial charge < -0.3 is 5.32 Å². The molecule has 0 bridgehead atoms. The van der Waals surface area contributed by atoms with Crippen LogP contribution in [0.1, 0.15) is 24.1 Å². The van der Waals surface area contributed by atoms with E-state index in [4.69, 9.17) is 23.2 Å². The smallest absolute Gasteiger partial charge is 0.234 e. The van der Waals surface area contributed by atoms with Gasteiger partial charge in [-0.25, -0.2) is 0 Å². The van der Waals surface area contributed by atoms with Gasteiger partial charge in [0.25, 0.3) is 0 Å². The van der Waals surface area contributed by atoms with Crippen LogP contribution >= 0.6 is 34.5 Å². The predicted molar refractivity (Wildman–Crippen MR) is 93.7 cm³/mol. The van der Waals surface area contributed by atoms with Gasteiger partial charge in [-0.2, -0.15) is 11.3 Å². The molecule has 0 aliphatic heterocycles. The Morgan fingerprint density at radius 2 is 2.14 bits per heavy atom. The molecule has 0 radical (unpaired) electrons. The molecule has 0 aliphatic rings. The van der Waals surface area contributed by atoms with E-state index in [2.05, 4.69) is 16.8 Å². The molecule has 1 N–H and O–H groups in total. The lowest BCUT2D eigenvalue weighted by molar-refractivity contribution is -0.122. The largest absolute Gasteiger partial charge is 0.348 e. The summed E-state index contributed by atoms with van der Waals surface area (Å²) in [5.41, 5.74) is 2.08. The van der Waals surface area contributed by atoms with E-state index in [0.717, 1.165) is 12.1 Å². The number of nitrogens with one attached hydrogen (secondary N) is 1. The summed E-state index contributed by atoms with van der Waals surface area (Å²) >= 11 is 13.7. The minimum atomic E-state index is -0.160. The number of likely N-dealkylation sites (N-methyl/N-ethyl adjacent to an activating group) is 1. The number of carbonyl (C=O) groups is 1. The highest BCUT2D eigenvalue weighted by Crippen LogP contribution is 2.26. The second-order valence-electron chi connectivity index (χ2n) is 5.26. The van der Waals surface area contributed by atoms with Gasteiger partial charge in [0.1, 0.15) is 0 Å². The summed E-state index contributed by atoms with van der Waals surface area (Å²) in [6.07, 6.45) is 0. The Morgan fingerprint density at radius 1 is 1.36 bits per heavy atom. The van der Waals surface area contributed by atoms with E-state index in [1.165, 1.54) is 5.56 Å². The van der Waals surface area contributed by atoms with Gasteiger partial charge in [0.05, 0.1) is 12.6 Å². The van der Waals surface area contributed by atoms with E-state index in [0.29, 0.717) is 16.6 Å². The van der Waals surface area contributed by atoms with Gasteiger partial charge in [0.2, 0.25) is 5.91 Å². The topological polar surface area (TPSA) is 32.3 Å². The first kappa shape index (κ1) is 17.3. The quantitative estimate of drug-likeness (QED) is 0.833. The lowest BCUT2D eigenvalue weighted by Crippen LogP contribution is -2.36. The summed E-state index contributed by atoms with van der Waals surface area (Å²) in [6.45, 7) is 3.00. The van der Waals surface area contributed by atoms with Gasteiger partial charge in [-0.05, 0) is 54.1 Å². The van der Waals surface area contributed by atoms with Crippen LogP contribution in [0.2, 0.25) is 10.0 Å². The predicted octanol–water partition coefficient (Wildman–Crippen LogP) is 4.36. The lowest BCUT2D eigenvalue weighted by Gasteiger charge is -2.19. The highest BCUT2D eigenvalue weighted by molar-refractivity contribution is 7.07. The van der Waals surface area contributed by atoms with Crippen LogP contribution in [0.25, 0.3) is 0 Å². The minimum absolute atomic E-state index is 0.0313. The van der Waals surface area contributed by atoms with E-state index < -0.39 is 0 Å². The number of halogens is 2. The zero-order chi connectivity index (χ0) is 16.1. The van der Waals surface area contributed by atoms with Crippen molar-refractivity contribution in [3.05, 3.63) is 56.2 Å². The zero-order valence-corrected chi connectivity index (χ0v) is 14.8. The highest BCUT2D eigenvalue weighted by atomic mass is 35.5. The Bertz CT molecular complexity index is 631. The fourth-order valence-electron chi connectivity index (χ4n) is 2.21. The number of benzene rings is 1. The SMILES string of the molecule is C[C@@H](NC(=O)CN(C)Cc1ccsc1)c1ccc(Cl)cc1Cl. The second-order valence-corrected chi connectivity index (χ2v) is 6.88. The van der Waals surface area contributed by atoms with Gasteiger partial charge in [-0.15, -0.1) is 0 Å². The molecule has 1 aromatic carbocycles. The molecule has 0 aliphatic carbocycles. The van der Waals surface area contributed by atoms with E-state index in [9.17, 15) is 4.79 Å². The van der Waals surface area contributed by atoms with Gasteiger partial charge in [-0.3, -0.25) is 9.69 Å². The first-order valence-corrected chi connectivity index (χ1v) is 8.59. The summed E-state index contributed by atoms with van der Waals surface area (Å²) < 4.78 is 0. The normalized spacial score (nSPS) is 12.4. The van der Waals surface area contributed by atoms with Crippen LogP contribution in [-0.4, -0.2) is 24.4 Å². The van der Waals surface area contributed by atoms with Gasteiger partial charge in [0.15, 0.2) is 0 Å². The fraction of sp³-hybridized carbons (Fsp3) is 0.312. The van der Waals surface area contributed by atoms with Crippen molar-refractivity contribution < 1.29 is 4.79 Å². The average molecular weight is 357 g/mol. The number of thiophene rings is 1. The van der Waals surface area contributed by atoms with Crippen molar-refractivity contribution in [2.45, 2.75) is 19.5 Å². The Morgan fingerprint density at radius 3 is 2.77 bits per heavy atom. The molecule has 6 heteroatoms. The van der Waals surface area contributed by atoms with Crippen molar-refractivity contribution in [3.63, 3.8) is 0 Å². The van der Waals surface area contributed by atoms with Crippen LogP contribution in [0.15, 0.2) is 35.0 Å². The van der Waals surface area contributed by atoms with Gasteiger partial charge in [0, 0.05) is 16.6 Å². The summed E-state index contributed by atoms with van der Waals surface area (Å²) in [7, 11) is 1.93. The number of hydrogen-bond acceptors (Lipinski definition) is 3. The highest BCUT2D eigenvalue weighted by Gasteiger charge is 2.14. The van der Waals surface area contributed by atoms with Crippen molar-refractivity contribution in [1.29, 1.82) is 0 Å². The van der Waals surface area contributed by atoms with Crippen molar-refractivity contribution >= 4 is 40.4 Å². The molecule has 0 saturated carbocycles. The number of nitrogens with zero attached hydrogens (tertiary/aromatic N) is 1. The molecule has 118 valence electrons. The van der Waals surface area contributed by atoms with Gasteiger partial charge >= 0.3 is 0 Å². The Kier molecular flexibility index (Phi) is 6.26. The molecule has 2 aromatic rings. The van der Waals surface area contributed by atoms with Crippen molar-refractivity contribution in [3.8, 4) is 0 Å². The molecule has 0 fully saturated rings. The number of carbonyl (C=O) groups excluding carboxylic acids is 1. The molecule has 2 rings (SSSR count). The molecular weight excluding hydrogens is 339 g/mol. The second kappa shape index (κ2) is 7.97. The standard InChI is InChI=1S/C16H18Cl2N2OS/c1-11(14-4-3-13(17)7-15(14)18)19-16(21)9-20(2)8-12-5-6-22-10-12/h3-7,10-11H,8-9H2,1-2H3,(H,19,21)/t11-/m1/s1. The van der Waals surface area contributed by atoms with Crippen molar-refractivity contribution in [1.82, 2.24) is 10.2 Å². The van der Waals surface area contributed by atoms with E-state index in [1.807, 2.05) is 30.3 Å². The summed E-state index contributed by atoms with van der Waals surface area (Å²) in [6, 6.07) is 7.20. The van der Waals surface area contributed by atoms with Crippen LogP contribution in [0, 0.1) is 0 Å². The lowest BCUT2D eigenvalue weighted by atomic mass is 10.1. The van der Waals surface area contributed by atoms with Crippen molar-refractivity contribution in [2.75, 3.05) is 13.6 Å². The summed E-state index contributed by atoms with van der Waals surface area (Å²) in [4.78, 5) is 14.1. The first-order valence-electron chi connectivity index (χ1n) is 6.89. The monoisotopic (exact) mass is 356 g/mol. The maximum absolute atomic E-state index is 12.1. The van der Waals surface area contributed by atoms with Gasteiger partial charge in [-0.1, -0.05) is 29.3 Å². The fourth-order valence-corrected chi connectivity index (χ4v) is 3.44. The third kappa shape index (κ3) is 4.99. The van der Waals surface area contributed by atoms with Crippen LogP contribution in [0.3, 0.4) is 0 Å². The third-order valence-electron chi connectivity index (χ3n) is 3.25. The maximum atomic E-state index is 12.1. The molecule has 1 aromatic heterocycles. The van der Waals surface area contributed by atoms with E-state index in [-0.39, 0.29) is 11.9 Å². The number of hydrogen-bond donors (Lipinski definition) is 1. The first-order chi connectivity index (χ1) is 10.5. The number of rotatable bonds is 6. The van der Waals surface area contributed by atoms with Crippen LogP contribution in [0.4, 0.5) is 0 Å². The third-order valence-corrected chi connectivity index (χ3v) is 4.55. The van der Waals surface area contributed by atoms with Crippen LogP contribution in [-0.2, 0) is 11.3 Å². The van der Waals surface area contributed by atoms with Crippen LogP contribution in [0.5, 0.6) is 0 Å². The molecule has 1 amide bonds. The molecule has 3 nitrogen and oxygen atoms in total. The van der Waals surface area contributed by atoms with Crippen molar-refractivity contribution in [2.24, 2.45) is 0 Å². The molecule has 0 spiro atoms. The maximum Gasteiger partial charge on any atom is 0.234 e. The van der Waals surface area contributed by atoms with E-state index >= 15 is 0 Å². The minimum Gasteiger partial charge on any atom is -0.348 e. The zero-order valence-electron chi connectivity index (χ0n) is 12.5. The van der Waals surface area contributed by atoms with E-state index in [1.54, 1.807) is 23.5 Å². The molecule has 22 heavy (non-hydrogen) atoms. The summed E-state index contributed by atoms with van der Waals surface area (Å²) in [5.74, 6) is -0.0313. The number of amides is 1. The summed E-state index contributed by atoms with van der Waals surface area (Å²) in [5, 5.41) is 8.23. The molecule has 0 unspecified atom stereocenters.